The number of nitrogens with two attached hydrogens (primary N) is 1. The maximum Gasteiger partial charge on any atom is 0.264 e. The SMILES string of the molecule is CC(C)c1ccc(S(=O)(=O)NC(N)=NCCCN2CCN(c3ccc(F)cc3)CC2)cc1. The van der Waals surface area contributed by atoms with Gasteiger partial charge in [-0.2, -0.15) is 0 Å². The van der Waals surface area contributed by atoms with Gasteiger partial charge in [-0.05, 0) is 54.3 Å². The number of aliphatic imine (C=N–C) groups is 1. The van der Waals surface area contributed by atoms with Crippen LogP contribution in [0.5, 0.6) is 0 Å². The minimum absolute atomic E-state index is 0.0981. The van der Waals surface area contributed by atoms with E-state index in [9.17, 15) is 12.8 Å². The summed E-state index contributed by atoms with van der Waals surface area (Å²) < 4.78 is 40.3. The van der Waals surface area contributed by atoms with Gasteiger partial charge in [0.15, 0.2) is 0 Å². The molecule has 1 heterocycles. The van der Waals surface area contributed by atoms with Crippen molar-refractivity contribution in [3.8, 4) is 0 Å². The third kappa shape index (κ3) is 6.67. The van der Waals surface area contributed by atoms with Crippen LogP contribution in [0.3, 0.4) is 0 Å². The van der Waals surface area contributed by atoms with Crippen LogP contribution in [0.1, 0.15) is 31.7 Å². The molecule has 3 rings (SSSR count). The van der Waals surface area contributed by atoms with Gasteiger partial charge < -0.3 is 10.6 Å². The van der Waals surface area contributed by atoms with Crippen molar-refractivity contribution >= 4 is 21.7 Å². The fourth-order valence-electron chi connectivity index (χ4n) is 3.64. The van der Waals surface area contributed by atoms with Crippen LogP contribution in [0.15, 0.2) is 58.4 Å². The van der Waals surface area contributed by atoms with E-state index in [4.69, 9.17) is 5.73 Å². The van der Waals surface area contributed by atoms with Crippen molar-refractivity contribution in [2.45, 2.75) is 31.1 Å². The summed E-state index contributed by atoms with van der Waals surface area (Å²) in [7, 11) is -3.74. The van der Waals surface area contributed by atoms with Crippen LogP contribution in [-0.2, 0) is 10.0 Å². The summed E-state index contributed by atoms with van der Waals surface area (Å²) in [4.78, 5) is 8.92. The number of nitrogens with one attached hydrogen (secondary N) is 1. The van der Waals surface area contributed by atoms with Crippen molar-refractivity contribution in [1.29, 1.82) is 0 Å². The second-order valence-electron chi connectivity index (χ2n) is 8.25. The standard InChI is InChI=1S/C23H32FN5O2S/c1-18(2)19-4-10-22(11-5-19)32(30,31)27-23(25)26-12-3-13-28-14-16-29(17-15-28)21-8-6-20(24)7-9-21/h4-11,18H,3,12-17H2,1-2H3,(H3,25,26,27). The largest absolute Gasteiger partial charge is 0.369 e. The van der Waals surface area contributed by atoms with Crippen LogP contribution in [0, 0.1) is 5.82 Å². The number of piperazine rings is 1. The van der Waals surface area contributed by atoms with E-state index in [1.165, 1.54) is 12.1 Å². The third-order valence-corrected chi connectivity index (χ3v) is 6.95. The van der Waals surface area contributed by atoms with E-state index in [0.29, 0.717) is 12.5 Å². The second kappa shape index (κ2) is 10.8. The van der Waals surface area contributed by atoms with Crippen molar-refractivity contribution in [3.63, 3.8) is 0 Å². The maximum atomic E-state index is 13.1. The molecule has 32 heavy (non-hydrogen) atoms. The van der Waals surface area contributed by atoms with Gasteiger partial charge >= 0.3 is 0 Å². The Morgan fingerprint density at radius 2 is 1.69 bits per heavy atom. The minimum Gasteiger partial charge on any atom is -0.369 e. The van der Waals surface area contributed by atoms with E-state index in [0.717, 1.165) is 50.4 Å². The Bertz CT molecular complexity index is 1000. The van der Waals surface area contributed by atoms with Crippen molar-refractivity contribution < 1.29 is 12.8 Å². The van der Waals surface area contributed by atoms with Crippen molar-refractivity contribution in [3.05, 3.63) is 59.9 Å². The van der Waals surface area contributed by atoms with Gasteiger partial charge in [0.25, 0.3) is 10.0 Å². The molecular weight excluding hydrogens is 429 g/mol. The molecule has 0 saturated carbocycles. The predicted molar refractivity (Wildman–Crippen MR) is 127 cm³/mol. The van der Waals surface area contributed by atoms with Crippen LogP contribution in [-0.4, -0.2) is 58.5 Å². The highest BCUT2D eigenvalue weighted by Crippen LogP contribution is 2.18. The van der Waals surface area contributed by atoms with Gasteiger partial charge in [-0.3, -0.25) is 9.89 Å². The molecule has 1 aliphatic heterocycles. The number of halogens is 1. The molecule has 1 aliphatic rings. The van der Waals surface area contributed by atoms with E-state index in [1.54, 1.807) is 12.1 Å². The number of hydrogen-bond acceptors (Lipinski definition) is 5. The number of guanidine groups is 1. The Morgan fingerprint density at radius 3 is 2.28 bits per heavy atom. The molecule has 0 atom stereocenters. The van der Waals surface area contributed by atoms with Crippen LogP contribution in [0.2, 0.25) is 0 Å². The van der Waals surface area contributed by atoms with E-state index in [-0.39, 0.29) is 16.7 Å². The lowest BCUT2D eigenvalue weighted by molar-refractivity contribution is 0.256. The first-order valence-electron chi connectivity index (χ1n) is 10.9. The smallest absolute Gasteiger partial charge is 0.264 e. The van der Waals surface area contributed by atoms with Crippen LogP contribution >= 0.6 is 0 Å². The van der Waals surface area contributed by atoms with Gasteiger partial charge in [-0.1, -0.05) is 26.0 Å². The normalized spacial score (nSPS) is 15.9. The Kier molecular flexibility index (Phi) is 8.09. The number of nitrogens with zero attached hydrogens (tertiary/aromatic N) is 3. The zero-order valence-electron chi connectivity index (χ0n) is 18.7. The molecule has 2 aromatic rings. The quantitative estimate of drug-likeness (QED) is 0.358. The molecule has 0 radical (unpaired) electrons. The molecule has 0 aromatic heterocycles. The summed E-state index contributed by atoms with van der Waals surface area (Å²) in [6, 6.07) is 13.4. The number of anilines is 1. The van der Waals surface area contributed by atoms with E-state index in [1.807, 2.05) is 24.3 Å². The second-order valence-corrected chi connectivity index (χ2v) is 9.94. The molecule has 3 N–H and O–H groups in total. The van der Waals surface area contributed by atoms with Gasteiger partial charge in [0.1, 0.15) is 5.82 Å². The molecular formula is C23H32FN5O2S. The zero-order chi connectivity index (χ0) is 23.1. The number of benzene rings is 2. The average Bonchev–Trinajstić information content (AvgIpc) is 2.77. The first-order chi connectivity index (χ1) is 15.2. The van der Waals surface area contributed by atoms with Gasteiger partial charge in [0.05, 0.1) is 4.90 Å². The summed E-state index contributed by atoms with van der Waals surface area (Å²) in [5.41, 5.74) is 7.91. The molecule has 0 unspecified atom stereocenters. The molecule has 1 fully saturated rings. The summed E-state index contributed by atoms with van der Waals surface area (Å²) in [6.45, 7) is 9.00. The highest BCUT2D eigenvalue weighted by atomic mass is 32.2. The van der Waals surface area contributed by atoms with Crippen LogP contribution < -0.4 is 15.4 Å². The third-order valence-electron chi connectivity index (χ3n) is 5.57. The molecule has 174 valence electrons. The number of rotatable bonds is 8. The first kappa shape index (κ1) is 24.0. The average molecular weight is 462 g/mol. The Morgan fingerprint density at radius 1 is 1.06 bits per heavy atom. The molecule has 0 spiro atoms. The topological polar surface area (TPSA) is 91.0 Å². The fourth-order valence-corrected chi connectivity index (χ4v) is 4.59. The summed E-state index contributed by atoms with van der Waals surface area (Å²) in [6.07, 6.45) is 0.780. The predicted octanol–water partition coefficient (Wildman–Crippen LogP) is 2.75. The Hall–Kier alpha value is -2.65. The molecule has 9 heteroatoms. The molecule has 0 aliphatic carbocycles. The van der Waals surface area contributed by atoms with Crippen LogP contribution in [0.4, 0.5) is 10.1 Å². The molecule has 1 saturated heterocycles. The molecule has 0 amide bonds. The lowest BCUT2D eigenvalue weighted by atomic mass is 10.0. The van der Waals surface area contributed by atoms with E-state index < -0.39 is 10.0 Å². The van der Waals surface area contributed by atoms with Gasteiger partial charge in [-0.25, -0.2) is 17.5 Å². The lowest BCUT2D eigenvalue weighted by Gasteiger charge is -2.36. The van der Waals surface area contributed by atoms with Crippen molar-refractivity contribution in [1.82, 2.24) is 9.62 Å². The Labute approximate surface area is 190 Å². The summed E-state index contributed by atoms with van der Waals surface area (Å²) in [5, 5.41) is 0. The van der Waals surface area contributed by atoms with Crippen molar-refractivity contribution in [2.75, 3.05) is 44.2 Å². The summed E-state index contributed by atoms with van der Waals surface area (Å²) >= 11 is 0. The van der Waals surface area contributed by atoms with Gasteiger partial charge in [0, 0.05) is 45.0 Å². The first-order valence-corrected chi connectivity index (χ1v) is 12.4. The lowest BCUT2D eigenvalue weighted by Crippen LogP contribution is -2.46. The maximum absolute atomic E-state index is 13.1. The highest BCUT2D eigenvalue weighted by Gasteiger charge is 2.17. The molecule has 2 aromatic carbocycles. The monoisotopic (exact) mass is 461 g/mol. The number of sulfonamides is 1. The van der Waals surface area contributed by atoms with Gasteiger partial charge in [-0.15, -0.1) is 0 Å². The van der Waals surface area contributed by atoms with E-state index in [2.05, 4.69) is 33.4 Å². The van der Waals surface area contributed by atoms with Crippen LogP contribution in [0.25, 0.3) is 0 Å². The van der Waals surface area contributed by atoms with Crippen molar-refractivity contribution in [2.24, 2.45) is 10.7 Å². The Balaban J connectivity index is 1.40. The minimum atomic E-state index is -3.74. The van der Waals surface area contributed by atoms with E-state index >= 15 is 0 Å². The molecule has 7 nitrogen and oxygen atoms in total. The zero-order valence-corrected chi connectivity index (χ0v) is 19.5. The number of hydrogen-bond donors (Lipinski definition) is 2. The van der Waals surface area contributed by atoms with Gasteiger partial charge in [0.2, 0.25) is 5.96 Å². The fraction of sp³-hybridized carbons (Fsp3) is 0.435. The highest BCUT2D eigenvalue weighted by molar-refractivity contribution is 7.90. The summed E-state index contributed by atoms with van der Waals surface area (Å²) in [5.74, 6) is 0.00911. The molecule has 0 bridgehead atoms.